The molecule has 0 saturated carbocycles. The van der Waals surface area contributed by atoms with Crippen LogP contribution in [0.5, 0.6) is 11.5 Å². The summed E-state index contributed by atoms with van der Waals surface area (Å²) in [6.07, 6.45) is 2.71. The van der Waals surface area contributed by atoms with Crippen molar-refractivity contribution in [3.05, 3.63) is 17.7 Å². The Bertz CT molecular complexity index is 336. The van der Waals surface area contributed by atoms with Gasteiger partial charge in [0.25, 0.3) is 0 Å². The molecule has 0 unspecified atom stereocenters. The van der Waals surface area contributed by atoms with Gasteiger partial charge in [0.2, 0.25) is 0 Å². The Morgan fingerprint density at radius 3 is 2.43 bits per heavy atom. The van der Waals surface area contributed by atoms with Gasteiger partial charge in [0.05, 0.1) is 19.1 Å². The van der Waals surface area contributed by atoms with E-state index in [0.29, 0.717) is 17.1 Å². The Kier molecular flexibility index (Phi) is 3.83. The maximum Gasteiger partial charge on any atom is 0.174 e. The van der Waals surface area contributed by atoms with Gasteiger partial charge in [-0.25, -0.2) is 0 Å². The molecule has 14 heavy (non-hydrogen) atoms. The number of hydrogen-bond donors (Lipinski definition) is 0. The summed E-state index contributed by atoms with van der Waals surface area (Å²) in [5.74, 6) is 1.26. The first-order valence-electron chi connectivity index (χ1n) is 4.02. The van der Waals surface area contributed by atoms with Gasteiger partial charge in [-0.1, -0.05) is 0 Å². The van der Waals surface area contributed by atoms with E-state index < -0.39 is 0 Å². The van der Waals surface area contributed by atoms with Gasteiger partial charge in [0, 0.05) is 5.56 Å². The summed E-state index contributed by atoms with van der Waals surface area (Å²) in [4.78, 5) is 11.6. The summed E-state index contributed by atoms with van der Waals surface area (Å²) >= 11 is 1.46. The third kappa shape index (κ3) is 1.85. The minimum atomic E-state index is 0.615. The normalized spacial score (nSPS) is 9.64. The number of methoxy groups -OCH3 is 2. The monoisotopic (exact) mass is 212 g/mol. The van der Waals surface area contributed by atoms with Crippen molar-refractivity contribution in [2.45, 2.75) is 4.90 Å². The van der Waals surface area contributed by atoms with E-state index >= 15 is 0 Å². The number of aldehydes is 1. The molecule has 76 valence electrons. The topological polar surface area (TPSA) is 35.5 Å². The lowest BCUT2D eigenvalue weighted by Gasteiger charge is -2.12. The molecule has 0 aliphatic carbocycles. The number of thioether (sulfide) groups is 1. The van der Waals surface area contributed by atoms with Crippen molar-refractivity contribution in [3.63, 3.8) is 0 Å². The van der Waals surface area contributed by atoms with Crippen LogP contribution in [0.4, 0.5) is 0 Å². The van der Waals surface area contributed by atoms with E-state index in [4.69, 9.17) is 9.47 Å². The van der Waals surface area contributed by atoms with Crippen LogP contribution >= 0.6 is 11.8 Å². The molecule has 4 heteroatoms. The van der Waals surface area contributed by atoms with Crippen molar-refractivity contribution in [2.24, 2.45) is 0 Å². The summed E-state index contributed by atoms with van der Waals surface area (Å²) in [6, 6.07) is 3.45. The Labute approximate surface area is 87.4 Å². The second kappa shape index (κ2) is 4.91. The Morgan fingerprint density at radius 2 is 2.00 bits per heavy atom. The van der Waals surface area contributed by atoms with E-state index in [1.807, 2.05) is 6.26 Å². The lowest BCUT2D eigenvalue weighted by molar-refractivity contribution is 0.112. The van der Waals surface area contributed by atoms with Crippen LogP contribution in [-0.2, 0) is 0 Å². The van der Waals surface area contributed by atoms with Gasteiger partial charge < -0.3 is 9.47 Å². The highest BCUT2D eigenvalue weighted by atomic mass is 32.2. The molecule has 0 fully saturated rings. The molecule has 0 aliphatic rings. The van der Waals surface area contributed by atoms with Gasteiger partial charge in [-0.2, -0.15) is 0 Å². The van der Waals surface area contributed by atoms with E-state index in [9.17, 15) is 4.79 Å². The summed E-state index contributed by atoms with van der Waals surface area (Å²) in [5.41, 5.74) is 0.621. The standard InChI is InChI=1S/C10H12O3S/c1-12-8-5-4-7(6-11)10(14-3)9(8)13-2/h4-6H,1-3H3. The second-order valence-electron chi connectivity index (χ2n) is 2.54. The number of carbonyl (C=O) groups excluding carboxylic acids is 1. The van der Waals surface area contributed by atoms with Crippen LogP contribution in [0.25, 0.3) is 0 Å². The summed E-state index contributed by atoms with van der Waals surface area (Å²) < 4.78 is 10.3. The molecular formula is C10H12O3S. The van der Waals surface area contributed by atoms with Crippen LogP contribution in [0.1, 0.15) is 10.4 Å². The van der Waals surface area contributed by atoms with Gasteiger partial charge in [0.15, 0.2) is 17.8 Å². The maximum absolute atomic E-state index is 10.7. The van der Waals surface area contributed by atoms with Crippen molar-refractivity contribution in [1.82, 2.24) is 0 Å². The lowest BCUT2D eigenvalue weighted by Crippen LogP contribution is -1.95. The van der Waals surface area contributed by atoms with E-state index in [0.717, 1.165) is 11.2 Å². The number of carbonyl (C=O) groups is 1. The molecular weight excluding hydrogens is 200 g/mol. The van der Waals surface area contributed by atoms with E-state index in [2.05, 4.69) is 0 Å². The molecule has 1 rings (SSSR count). The molecule has 0 amide bonds. The van der Waals surface area contributed by atoms with Gasteiger partial charge in [-0.05, 0) is 18.4 Å². The van der Waals surface area contributed by atoms with Crippen molar-refractivity contribution >= 4 is 18.0 Å². The number of benzene rings is 1. The van der Waals surface area contributed by atoms with Crippen LogP contribution in [0.2, 0.25) is 0 Å². The first kappa shape index (κ1) is 10.9. The van der Waals surface area contributed by atoms with E-state index in [1.165, 1.54) is 11.8 Å². The molecule has 0 atom stereocenters. The molecule has 1 aromatic rings. The summed E-state index contributed by atoms with van der Waals surface area (Å²) in [5, 5.41) is 0. The average molecular weight is 212 g/mol. The largest absolute Gasteiger partial charge is 0.493 e. The average Bonchev–Trinajstić information content (AvgIpc) is 2.26. The first-order valence-corrected chi connectivity index (χ1v) is 5.25. The number of ether oxygens (including phenoxy) is 2. The fraction of sp³-hybridized carbons (Fsp3) is 0.300. The third-order valence-electron chi connectivity index (χ3n) is 1.86. The van der Waals surface area contributed by atoms with Crippen molar-refractivity contribution in [3.8, 4) is 11.5 Å². The quantitative estimate of drug-likeness (QED) is 0.566. The zero-order chi connectivity index (χ0) is 10.6. The second-order valence-corrected chi connectivity index (χ2v) is 3.36. The zero-order valence-corrected chi connectivity index (χ0v) is 9.18. The molecule has 0 radical (unpaired) electrons. The van der Waals surface area contributed by atoms with Crippen molar-refractivity contribution in [1.29, 1.82) is 0 Å². The predicted molar refractivity (Wildman–Crippen MR) is 56.7 cm³/mol. The third-order valence-corrected chi connectivity index (χ3v) is 2.69. The molecule has 0 aromatic heterocycles. The van der Waals surface area contributed by atoms with Crippen LogP contribution in [-0.4, -0.2) is 26.8 Å². The number of hydrogen-bond acceptors (Lipinski definition) is 4. The smallest absolute Gasteiger partial charge is 0.174 e. The number of rotatable bonds is 4. The zero-order valence-electron chi connectivity index (χ0n) is 8.37. The summed E-state index contributed by atoms with van der Waals surface area (Å²) in [7, 11) is 3.13. The highest BCUT2D eigenvalue weighted by molar-refractivity contribution is 7.98. The van der Waals surface area contributed by atoms with Gasteiger partial charge in [0.1, 0.15) is 0 Å². The Morgan fingerprint density at radius 1 is 1.29 bits per heavy atom. The first-order chi connectivity index (χ1) is 6.78. The predicted octanol–water partition coefficient (Wildman–Crippen LogP) is 2.24. The van der Waals surface area contributed by atoms with E-state index in [-0.39, 0.29) is 0 Å². The van der Waals surface area contributed by atoms with Crippen LogP contribution in [0.3, 0.4) is 0 Å². The summed E-state index contributed by atoms with van der Waals surface area (Å²) in [6.45, 7) is 0. The molecule has 1 aromatic carbocycles. The molecule has 3 nitrogen and oxygen atoms in total. The van der Waals surface area contributed by atoms with Gasteiger partial charge >= 0.3 is 0 Å². The van der Waals surface area contributed by atoms with E-state index in [1.54, 1.807) is 26.4 Å². The molecule has 0 saturated heterocycles. The lowest BCUT2D eigenvalue weighted by atomic mass is 10.2. The van der Waals surface area contributed by atoms with Gasteiger partial charge in [-0.3, -0.25) is 4.79 Å². The van der Waals surface area contributed by atoms with Gasteiger partial charge in [-0.15, -0.1) is 11.8 Å². The fourth-order valence-corrected chi connectivity index (χ4v) is 1.94. The van der Waals surface area contributed by atoms with Crippen molar-refractivity contribution in [2.75, 3.05) is 20.5 Å². The van der Waals surface area contributed by atoms with Crippen molar-refractivity contribution < 1.29 is 14.3 Å². The van der Waals surface area contributed by atoms with Crippen LogP contribution in [0.15, 0.2) is 17.0 Å². The highest BCUT2D eigenvalue weighted by Gasteiger charge is 2.13. The fourth-order valence-electron chi connectivity index (χ4n) is 1.22. The molecule has 0 aliphatic heterocycles. The Hall–Kier alpha value is -1.16. The molecule has 0 N–H and O–H groups in total. The van der Waals surface area contributed by atoms with Crippen LogP contribution in [0, 0.1) is 0 Å². The molecule has 0 bridgehead atoms. The maximum atomic E-state index is 10.7. The highest BCUT2D eigenvalue weighted by Crippen LogP contribution is 2.38. The SMILES string of the molecule is COc1ccc(C=O)c(SC)c1OC. The van der Waals surface area contributed by atoms with Crippen LogP contribution < -0.4 is 9.47 Å². The minimum absolute atomic E-state index is 0.615. The molecule has 0 heterocycles. The molecule has 0 spiro atoms. The minimum Gasteiger partial charge on any atom is -0.493 e. The Balaban J connectivity index is 3.35.